The summed E-state index contributed by atoms with van der Waals surface area (Å²) in [6.45, 7) is 3.05. The predicted octanol–water partition coefficient (Wildman–Crippen LogP) is 0.314. The van der Waals surface area contributed by atoms with Gasteiger partial charge in [-0.2, -0.15) is 0 Å². The van der Waals surface area contributed by atoms with Crippen LogP contribution >= 0.6 is 11.8 Å². The van der Waals surface area contributed by atoms with Gasteiger partial charge in [-0.05, 0) is 6.92 Å². The maximum absolute atomic E-state index is 11.7. The highest BCUT2D eigenvalue weighted by Crippen LogP contribution is 2.19. The van der Waals surface area contributed by atoms with Gasteiger partial charge in [-0.3, -0.25) is 9.59 Å². The number of hydrogen-bond acceptors (Lipinski definition) is 5. The van der Waals surface area contributed by atoms with Crippen molar-refractivity contribution in [3.05, 3.63) is 0 Å². The van der Waals surface area contributed by atoms with Gasteiger partial charge in [-0.1, -0.05) is 11.8 Å². The third kappa shape index (κ3) is 3.71. The molecule has 1 unspecified atom stereocenters. The lowest BCUT2D eigenvalue weighted by Gasteiger charge is -2.20. The highest BCUT2D eigenvalue weighted by atomic mass is 32.2. The fourth-order valence-corrected chi connectivity index (χ4v) is 2.17. The Hall–Kier alpha value is -1.08. The molecule has 0 aliphatic carbocycles. The van der Waals surface area contributed by atoms with Crippen LogP contribution in [-0.2, 0) is 19.1 Å². The molecule has 0 saturated carbocycles. The molecule has 0 aromatic carbocycles. The second kappa shape index (κ2) is 6.02. The predicted molar refractivity (Wildman–Crippen MR) is 61.4 cm³/mol. The molecule has 6 nitrogen and oxygen atoms in total. The molecule has 17 heavy (non-hydrogen) atoms. The van der Waals surface area contributed by atoms with Gasteiger partial charge in [0.15, 0.2) is 11.2 Å². The van der Waals surface area contributed by atoms with Gasteiger partial charge < -0.3 is 14.7 Å². The molecule has 7 heteroatoms. The first-order valence-corrected chi connectivity index (χ1v) is 6.19. The summed E-state index contributed by atoms with van der Waals surface area (Å²) in [5.74, 6) is -0.996. The summed E-state index contributed by atoms with van der Waals surface area (Å²) in [4.78, 5) is 34.6. The maximum Gasteiger partial charge on any atom is 0.329 e. The number of thioether (sulfide) groups is 1. The molecule has 1 amide bonds. The highest BCUT2D eigenvalue weighted by Gasteiger charge is 2.40. The fourth-order valence-electron chi connectivity index (χ4n) is 1.61. The first-order chi connectivity index (χ1) is 7.93. The third-order valence-electron chi connectivity index (χ3n) is 2.45. The highest BCUT2D eigenvalue weighted by molar-refractivity contribution is 8.13. The van der Waals surface area contributed by atoms with Gasteiger partial charge in [0.2, 0.25) is 5.91 Å². The van der Waals surface area contributed by atoms with Crippen molar-refractivity contribution in [3.63, 3.8) is 0 Å². The Bertz CT molecular complexity index is 333. The van der Waals surface area contributed by atoms with Crippen molar-refractivity contribution >= 4 is 28.8 Å². The minimum absolute atomic E-state index is 0.00169. The standard InChI is InChI=1S/C10H15NO5S/c1-6-9(10(14)15)11(5-16-6)8(13)3-4-17-7(2)12/h6,9H,3-5H2,1-2H3,(H,14,15)/t6?,9-/m0/s1. The Balaban J connectivity index is 2.51. The molecule has 0 radical (unpaired) electrons. The van der Waals surface area contributed by atoms with Crippen molar-refractivity contribution in [3.8, 4) is 0 Å². The van der Waals surface area contributed by atoms with Crippen LogP contribution in [0.4, 0.5) is 0 Å². The Labute approximate surface area is 103 Å². The Morgan fingerprint density at radius 3 is 2.65 bits per heavy atom. The number of hydrogen-bond donors (Lipinski definition) is 1. The summed E-state index contributed by atoms with van der Waals surface area (Å²) < 4.78 is 5.14. The topological polar surface area (TPSA) is 83.9 Å². The van der Waals surface area contributed by atoms with Gasteiger partial charge in [0.25, 0.3) is 0 Å². The molecule has 1 N–H and O–H groups in total. The van der Waals surface area contributed by atoms with Crippen molar-refractivity contribution < 1.29 is 24.2 Å². The molecule has 2 atom stereocenters. The summed E-state index contributed by atoms with van der Waals surface area (Å²) in [7, 11) is 0. The average Bonchev–Trinajstić information content (AvgIpc) is 2.59. The summed E-state index contributed by atoms with van der Waals surface area (Å²) in [6.07, 6.45) is -0.360. The largest absolute Gasteiger partial charge is 0.480 e. The van der Waals surface area contributed by atoms with E-state index < -0.39 is 18.1 Å². The molecule has 1 saturated heterocycles. The number of amides is 1. The molecule has 1 heterocycles. The molecule has 1 rings (SSSR count). The number of carboxylic acids is 1. The summed E-state index contributed by atoms with van der Waals surface area (Å²) >= 11 is 1.05. The SMILES string of the molecule is CC(=O)SCCC(=O)N1COC(C)[C@H]1C(=O)O. The van der Waals surface area contributed by atoms with Crippen LogP contribution < -0.4 is 0 Å². The van der Waals surface area contributed by atoms with Crippen molar-refractivity contribution in [1.29, 1.82) is 0 Å². The minimum Gasteiger partial charge on any atom is -0.480 e. The van der Waals surface area contributed by atoms with E-state index in [2.05, 4.69) is 0 Å². The molecule has 1 aliphatic heterocycles. The van der Waals surface area contributed by atoms with E-state index in [0.717, 1.165) is 11.8 Å². The Morgan fingerprint density at radius 1 is 1.47 bits per heavy atom. The van der Waals surface area contributed by atoms with Gasteiger partial charge in [-0.25, -0.2) is 4.79 Å². The molecule has 0 aromatic rings. The molecule has 0 bridgehead atoms. The van der Waals surface area contributed by atoms with Crippen LogP contribution in [0.15, 0.2) is 0 Å². The third-order valence-corrected chi connectivity index (χ3v) is 3.27. The zero-order valence-electron chi connectivity index (χ0n) is 9.71. The lowest BCUT2D eigenvalue weighted by Crippen LogP contribution is -2.44. The summed E-state index contributed by atoms with van der Waals surface area (Å²) in [6, 6.07) is -0.926. The first kappa shape index (κ1) is 14.0. The van der Waals surface area contributed by atoms with Gasteiger partial charge in [0, 0.05) is 19.1 Å². The van der Waals surface area contributed by atoms with Crippen molar-refractivity contribution in [2.45, 2.75) is 32.4 Å². The summed E-state index contributed by atoms with van der Waals surface area (Å²) in [5, 5.41) is 8.93. The molecular weight excluding hydrogens is 246 g/mol. The van der Waals surface area contributed by atoms with Gasteiger partial charge in [0.1, 0.15) is 6.73 Å². The molecular formula is C10H15NO5S. The quantitative estimate of drug-likeness (QED) is 0.784. The monoisotopic (exact) mass is 261 g/mol. The van der Waals surface area contributed by atoms with E-state index in [1.165, 1.54) is 11.8 Å². The van der Waals surface area contributed by atoms with E-state index in [4.69, 9.17) is 9.84 Å². The van der Waals surface area contributed by atoms with Gasteiger partial charge in [-0.15, -0.1) is 0 Å². The van der Waals surface area contributed by atoms with Gasteiger partial charge in [0.05, 0.1) is 6.10 Å². The zero-order valence-corrected chi connectivity index (χ0v) is 10.5. The number of nitrogens with zero attached hydrogens (tertiary/aromatic N) is 1. The molecule has 1 aliphatic rings. The van der Waals surface area contributed by atoms with Crippen molar-refractivity contribution in [2.75, 3.05) is 12.5 Å². The Morgan fingerprint density at radius 2 is 2.12 bits per heavy atom. The molecule has 96 valence electrons. The maximum atomic E-state index is 11.7. The van der Waals surface area contributed by atoms with Crippen LogP contribution in [0.25, 0.3) is 0 Å². The number of carbonyl (C=O) groups excluding carboxylic acids is 2. The van der Waals surface area contributed by atoms with E-state index in [-0.39, 0.29) is 24.2 Å². The Kier molecular flexibility index (Phi) is 4.95. The number of rotatable bonds is 4. The van der Waals surface area contributed by atoms with E-state index in [1.54, 1.807) is 6.92 Å². The van der Waals surface area contributed by atoms with Crippen molar-refractivity contribution in [1.82, 2.24) is 4.90 Å². The van der Waals surface area contributed by atoms with E-state index in [1.807, 2.05) is 0 Å². The zero-order chi connectivity index (χ0) is 13.0. The lowest BCUT2D eigenvalue weighted by atomic mass is 10.1. The van der Waals surface area contributed by atoms with E-state index in [9.17, 15) is 14.4 Å². The van der Waals surface area contributed by atoms with Crippen LogP contribution in [0.1, 0.15) is 20.3 Å². The van der Waals surface area contributed by atoms with E-state index in [0.29, 0.717) is 5.75 Å². The van der Waals surface area contributed by atoms with E-state index >= 15 is 0 Å². The molecule has 0 spiro atoms. The van der Waals surface area contributed by atoms with Crippen LogP contribution in [0.5, 0.6) is 0 Å². The number of aliphatic carboxylic acids is 1. The average molecular weight is 261 g/mol. The van der Waals surface area contributed by atoms with Crippen molar-refractivity contribution in [2.24, 2.45) is 0 Å². The fraction of sp³-hybridized carbons (Fsp3) is 0.700. The normalized spacial score (nSPS) is 23.8. The number of carbonyl (C=O) groups is 3. The van der Waals surface area contributed by atoms with Crippen LogP contribution in [-0.4, -0.2) is 51.6 Å². The first-order valence-electron chi connectivity index (χ1n) is 5.20. The second-order valence-corrected chi connectivity index (χ2v) is 5.01. The van der Waals surface area contributed by atoms with Gasteiger partial charge >= 0.3 is 5.97 Å². The lowest BCUT2D eigenvalue weighted by molar-refractivity contribution is -0.148. The van der Waals surface area contributed by atoms with Crippen LogP contribution in [0.3, 0.4) is 0 Å². The number of carboxylic acid groups (broad SMARTS) is 1. The molecule has 0 aromatic heterocycles. The number of ether oxygens (including phenoxy) is 1. The van der Waals surface area contributed by atoms with Crippen LogP contribution in [0.2, 0.25) is 0 Å². The van der Waals surface area contributed by atoms with Crippen LogP contribution in [0, 0.1) is 0 Å². The molecule has 1 fully saturated rings. The minimum atomic E-state index is -1.07. The summed E-state index contributed by atoms with van der Waals surface area (Å²) in [5.41, 5.74) is 0. The smallest absolute Gasteiger partial charge is 0.329 e. The second-order valence-electron chi connectivity index (χ2n) is 3.74.